The molecule has 0 unspecified atom stereocenters. The van der Waals surface area contributed by atoms with Crippen molar-refractivity contribution in [3.05, 3.63) is 33.2 Å². The number of halogens is 2. The molecule has 0 atom stereocenters. The summed E-state index contributed by atoms with van der Waals surface area (Å²) in [6.07, 6.45) is 0.649. The number of hydrogen-bond donors (Lipinski definition) is 2. The van der Waals surface area contributed by atoms with Gasteiger partial charge in [-0.05, 0) is 34.0 Å². The molecule has 0 bridgehead atoms. The molecule has 1 aliphatic heterocycles. The summed E-state index contributed by atoms with van der Waals surface area (Å²) in [6, 6.07) is 1.03. The number of aromatic carboxylic acids is 1. The fourth-order valence-corrected chi connectivity index (χ4v) is 2.88. The maximum Gasteiger partial charge on any atom is 0.337 e. The van der Waals surface area contributed by atoms with E-state index in [2.05, 4.69) is 20.9 Å². The van der Waals surface area contributed by atoms with Gasteiger partial charge < -0.3 is 14.8 Å². The third-order valence-electron chi connectivity index (χ3n) is 3.13. The minimum atomic E-state index is -1.15. The lowest BCUT2D eigenvalue weighted by Crippen LogP contribution is -2.08. The lowest BCUT2D eigenvalue weighted by atomic mass is 10.0. The zero-order valence-corrected chi connectivity index (χ0v) is 10.8. The first-order chi connectivity index (χ1) is 8.59. The second-order valence-electron chi connectivity index (χ2n) is 4.16. The van der Waals surface area contributed by atoms with Crippen LogP contribution in [0.25, 0.3) is 10.9 Å². The predicted octanol–water partition coefficient (Wildman–Crippen LogP) is 2.84. The third-order valence-corrected chi connectivity index (χ3v) is 3.91. The summed E-state index contributed by atoms with van der Waals surface area (Å²) in [7, 11) is 0. The first kappa shape index (κ1) is 11.7. The fraction of sp³-hybridized carbons (Fsp3) is 0.250. The van der Waals surface area contributed by atoms with E-state index in [4.69, 9.17) is 9.84 Å². The van der Waals surface area contributed by atoms with Gasteiger partial charge in [-0.15, -0.1) is 0 Å². The Balaban J connectivity index is 2.43. The Morgan fingerprint density at radius 1 is 1.56 bits per heavy atom. The number of aromatic amines is 1. The lowest BCUT2D eigenvalue weighted by Gasteiger charge is -2.12. The number of carboxylic acid groups (broad SMARTS) is 1. The number of carboxylic acids is 1. The summed E-state index contributed by atoms with van der Waals surface area (Å²) in [5, 5.41) is 9.74. The summed E-state index contributed by atoms with van der Waals surface area (Å²) >= 11 is 3.19. The van der Waals surface area contributed by atoms with Gasteiger partial charge in [-0.25, -0.2) is 9.18 Å². The molecule has 1 aromatic carbocycles. The second-order valence-corrected chi connectivity index (χ2v) is 4.95. The van der Waals surface area contributed by atoms with Crippen molar-refractivity contribution in [2.45, 2.75) is 13.0 Å². The average molecular weight is 314 g/mol. The van der Waals surface area contributed by atoms with Gasteiger partial charge in [0.1, 0.15) is 5.82 Å². The average Bonchev–Trinajstić information content (AvgIpc) is 2.72. The number of hydrogen-bond acceptors (Lipinski definition) is 2. The Morgan fingerprint density at radius 3 is 3.06 bits per heavy atom. The Kier molecular flexibility index (Phi) is 2.64. The van der Waals surface area contributed by atoms with Crippen LogP contribution >= 0.6 is 15.9 Å². The number of ether oxygens (including phenoxy) is 1. The monoisotopic (exact) mass is 313 g/mol. The van der Waals surface area contributed by atoms with Crippen LogP contribution in [0.3, 0.4) is 0 Å². The van der Waals surface area contributed by atoms with Gasteiger partial charge in [0, 0.05) is 11.1 Å². The van der Waals surface area contributed by atoms with Crippen molar-refractivity contribution >= 4 is 32.8 Å². The van der Waals surface area contributed by atoms with Gasteiger partial charge in [0.2, 0.25) is 0 Å². The van der Waals surface area contributed by atoms with Crippen LogP contribution < -0.4 is 0 Å². The van der Waals surface area contributed by atoms with Crippen LogP contribution in [-0.2, 0) is 17.8 Å². The molecule has 0 amide bonds. The number of fused-ring (bicyclic) bond motifs is 3. The van der Waals surface area contributed by atoms with E-state index in [1.165, 1.54) is 0 Å². The Bertz CT molecular complexity index is 665. The maximum atomic E-state index is 13.8. The van der Waals surface area contributed by atoms with Crippen molar-refractivity contribution in [1.82, 2.24) is 4.98 Å². The number of benzene rings is 1. The van der Waals surface area contributed by atoms with Crippen molar-refractivity contribution in [1.29, 1.82) is 0 Å². The summed E-state index contributed by atoms with van der Waals surface area (Å²) in [6.45, 7) is 0.961. The molecule has 2 heterocycles. The molecule has 18 heavy (non-hydrogen) atoms. The molecule has 0 saturated heterocycles. The lowest BCUT2D eigenvalue weighted by molar-refractivity contribution is 0.0698. The van der Waals surface area contributed by atoms with Gasteiger partial charge in [0.05, 0.1) is 28.8 Å². The number of carbonyl (C=O) groups is 1. The van der Waals surface area contributed by atoms with Crippen molar-refractivity contribution in [2.24, 2.45) is 0 Å². The highest BCUT2D eigenvalue weighted by molar-refractivity contribution is 9.10. The van der Waals surface area contributed by atoms with E-state index in [-0.39, 0.29) is 5.56 Å². The van der Waals surface area contributed by atoms with Crippen LogP contribution in [0.1, 0.15) is 21.6 Å². The molecule has 0 aliphatic carbocycles. The van der Waals surface area contributed by atoms with Gasteiger partial charge in [-0.2, -0.15) is 0 Å². The smallest absolute Gasteiger partial charge is 0.337 e. The standard InChI is InChI=1S/C12H9BrFNO3/c13-10-7(14)3-6(12(16)17)11-9(10)5-1-2-18-4-8(5)15-11/h3,15H,1-2,4H2,(H,16,17). The summed E-state index contributed by atoms with van der Waals surface area (Å²) in [5.41, 5.74) is 2.15. The summed E-state index contributed by atoms with van der Waals surface area (Å²) < 4.78 is 19.4. The van der Waals surface area contributed by atoms with Crippen molar-refractivity contribution in [3.8, 4) is 0 Å². The Hall–Kier alpha value is -1.40. The molecular weight excluding hydrogens is 305 g/mol. The van der Waals surface area contributed by atoms with E-state index in [1.807, 2.05) is 0 Å². The minimum Gasteiger partial charge on any atom is -0.478 e. The van der Waals surface area contributed by atoms with E-state index in [0.29, 0.717) is 35.0 Å². The summed E-state index contributed by atoms with van der Waals surface area (Å²) in [5.74, 6) is -1.71. The molecule has 1 aromatic heterocycles. The molecule has 0 radical (unpaired) electrons. The van der Waals surface area contributed by atoms with E-state index in [9.17, 15) is 9.18 Å². The topological polar surface area (TPSA) is 62.3 Å². The zero-order valence-electron chi connectivity index (χ0n) is 9.22. The van der Waals surface area contributed by atoms with Crippen LogP contribution in [0.15, 0.2) is 10.5 Å². The van der Waals surface area contributed by atoms with E-state index in [0.717, 1.165) is 17.3 Å². The minimum absolute atomic E-state index is 0.0555. The highest BCUT2D eigenvalue weighted by atomic mass is 79.9. The second kappa shape index (κ2) is 4.07. The first-order valence-corrected chi connectivity index (χ1v) is 6.21. The first-order valence-electron chi connectivity index (χ1n) is 5.42. The highest BCUT2D eigenvalue weighted by Gasteiger charge is 2.23. The SMILES string of the molecule is O=C(O)c1cc(F)c(Br)c2c3c([nH]c12)COCC3. The predicted molar refractivity (Wildman–Crippen MR) is 66.3 cm³/mol. The molecule has 6 heteroatoms. The van der Waals surface area contributed by atoms with Gasteiger partial charge in [-0.1, -0.05) is 0 Å². The van der Waals surface area contributed by atoms with Crippen LogP contribution in [0.5, 0.6) is 0 Å². The van der Waals surface area contributed by atoms with Crippen molar-refractivity contribution in [3.63, 3.8) is 0 Å². The van der Waals surface area contributed by atoms with Crippen LogP contribution in [0.2, 0.25) is 0 Å². The largest absolute Gasteiger partial charge is 0.478 e. The van der Waals surface area contributed by atoms with Gasteiger partial charge in [-0.3, -0.25) is 0 Å². The van der Waals surface area contributed by atoms with E-state index in [1.54, 1.807) is 0 Å². The number of nitrogens with one attached hydrogen (secondary N) is 1. The van der Waals surface area contributed by atoms with E-state index < -0.39 is 11.8 Å². The number of rotatable bonds is 1. The van der Waals surface area contributed by atoms with Crippen LogP contribution in [0.4, 0.5) is 4.39 Å². The zero-order chi connectivity index (χ0) is 12.9. The maximum absolute atomic E-state index is 13.8. The fourth-order valence-electron chi connectivity index (χ4n) is 2.33. The van der Waals surface area contributed by atoms with Crippen LogP contribution in [0, 0.1) is 5.82 Å². The molecular formula is C12H9BrFNO3. The Morgan fingerprint density at radius 2 is 2.33 bits per heavy atom. The summed E-state index contributed by atoms with van der Waals surface area (Å²) in [4.78, 5) is 14.2. The van der Waals surface area contributed by atoms with Crippen molar-refractivity contribution < 1.29 is 19.0 Å². The molecule has 0 spiro atoms. The molecule has 0 saturated carbocycles. The third kappa shape index (κ3) is 1.56. The molecule has 2 aromatic rings. The normalized spacial score (nSPS) is 14.8. The van der Waals surface area contributed by atoms with Gasteiger partial charge in [0.25, 0.3) is 0 Å². The molecule has 2 N–H and O–H groups in total. The molecule has 4 nitrogen and oxygen atoms in total. The number of H-pyrrole nitrogens is 1. The van der Waals surface area contributed by atoms with Crippen molar-refractivity contribution in [2.75, 3.05) is 6.61 Å². The van der Waals surface area contributed by atoms with E-state index >= 15 is 0 Å². The molecule has 94 valence electrons. The number of aromatic nitrogens is 1. The highest BCUT2D eigenvalue weighted by Crippen LogP contribution is 2.36. The molecule has 0 fully saturated rings. The molecule has 1 aliphatic rings. The van der Waals surface area contributed by atoms with Crippen LogP contribution in [-0.4, -0.2) is 22.7 Å². The van der Waals surface area contributed by atoms with Gasteiger partial charge in [0.15, 0.2) is 0 Å². The molecule has 3 rings (SSSR count). The quantitative estimate of drug-likeness (QED) is 0.851. The van der Waals surface area contributed by atoms with Gasteiger partial charge >= 0.3 is 5.97 Å². The Labute approximate surface area is 110 Å².